The van der Waals surface area contributed by atoms with E-state index < -0.39 is 0 Å². The molecule has 0 atom stereocenters. The third-order valence-electron chi connectivity index (χ3n) is 3.22. The zero-order valence-corrected chi connectivity index (χ0v) is 12.6. The first-order valence-electron chi connectivity index (χ1n) is 6.43. The Balaban J connectivity index is 1.98. The Kier molecular flexibility index (Phi) is 3.75. The zero-order chi connectivity index (χ0) is 14.8. The van der Waals surface area contributed by atoms with Gasteiger partial charge < -0.3 is 0 Å². The van der Waals surface area contributed by atoms with Crippen LogP contribution in [0, 0.1) is 5.82 Å². The van der Waals surface area contributed by atoms with Crippen molar-refractivity contribution in [1.82, 2.24) is 9.78 Å². The van der Waals surface area contributed by atoms with Gasteiger partial charge in [-0.15, -0.1) is 0 Å². The van der Waals surface area contributed by atoms with Crippen LogP contribution in [0.2, 0.25) is 0 Å². The molecule has 0 saturated carbocycles. The second kappa shape index (κ2) is 5.69. The molecule has 1 N–H and O–H groups in total. The molecule has 3 aromatic rings. The van der Waals surface area contributed by atoms with Crippen LogP contribution in [-0.4, -0.2) is 9.78 Å². The number of H-pyrrole nitrogens is 1. The fraction of sp³-hybridized carbons (Fsp3) is 0.0625. The summed E-state index contributed by atoms with van der Waals surface area (Å²) in [6.07, 6.45) is 0. The molecule has 3 rings (SSSR count). The zero-order valence-electron chi connectivity index (χ0n) is 11.0. The van der Waals surface area contributed by atoms with Crippen molar-refractivity contribution in [2.45, 2.75) is 6.54 Å². The molecule has 1 heterocycles. The van der Waals surface area contributed by atoms with Gasteiger partial charge in [-0.2, -0.15) is 0 Å². The Morgan fingerprint density at radius 1 is 1.05 bits per heavy atom. The molecular weight excluding hydrogens is 335 g/mol. The molecule has 21 heavy (non-hydrogen) atoms. The van der Waals surface area contributed by atoms with E-state index >= 15 is 0 Å². The van der Waals surface area contributed by atoms with Crippen molar-refractivity contribution in [2.75, 3.05) is 0 Å². The predicted molar refractivity (Wildman–Crippen MR) is 83.7 cm³/mol. The lowest BCUT2D eigenvalue weighted by atomic mass is 10.2. The molecule has 0 aliphatic rings. The second-order valence-electron chi connectivity index (χ2n) is 4.68. The Morgan fingerprint density at radius 3 is 2.38 bits per heavy atom. The first-order chi connectivity index (χ1) is 10.1. The molecule has 0 saturated heterocycles. The minimum atomic E-state index is -0.288. The number of hydrogen-bond donors (Lipinski definition) is 1. The van der Waals surface area contributed by atoms with Crippen LogP contribution < -0.4 is 5.56 Å². The van der Waals surface area contributed by atoms with Gasteiger partial charge in [0.1, 0.15) is 10.3 Å². The molecule has 0 fully saturated rings. The quantitative estimate of drug-likeness (QED) is 0.769. The molecule has 0 amide bonds. The van der Waals surface area contributed by atoms with Crippen molar-refractivity contribution >= 4 is 15.9 Å². The fourth-order valence-corrected chi connectivity index (χ4v) is 2.67. The second-order valence-corrected chi connectivity index (χ2v) is 5.48. The van der Waals surface area contributed by atoms with E-state index in [0.29, 0.717) is 11.0 Å². The van der Waals surface area contributed by atoms with E-state index in [1.807, 2.05) is 30.3 Å². The molecule has 0 spiro atoms. The Hall–Kier alpha value is -2.14. The van der Waals surface area contributed by atoms with Crippen LogP contribution in [-0.2, 0) is 6.54 Å². The molecule has 0 aliphatic heterocycles. The van der Waals surface area contributed by atoms with Crippen LogP contribution in [0.15, 0.2) is 63.9 Å². The molecule has 5 heteroatoms. The molecule has 106 valence electrons. The number of nitrogens with one attached hydrogen (secondary N) is 1. The topological polar surface area (TPSA) is 37.8 Å². The van der Waals surface area contributed by atoms with Gasteiger partial charge in [-0.25, -0.2) is 9.07 Å². The third-order valence-corrected chi connectivity index (χ3v) is 3.95. The van der Waals surface area contributed by atoms with Crippen LogP contribution in [0.4, 0.5) is 4.39 Å². The van der Waals surface area contributed by atoms with E-state index in [-0.39, 0.29) is 11.4 Å². The summed E-state index contributed by atoms with van der Waals surface area (Å²) < 4.78 is 14.9. The number of halogens is 2. The lowest BCUT2D eigenvalue weighted by molar-refractivity contribution is 0.623. The van der Waals surface area contributed by atoms with Gasteiger partial charge in [0.15, 0.2) is 0 Å². The van der Waals surface area contributed by atoms with Gasteiger partial charge in [0.2, 0.25) is 0 Å². The minimum Gasteiger partial charge on any atom is -0.293 e. The maximum atomic E-state index is 12.9. The molecule has 1 aromatic heterocycles. The van der Waals surface area contributed by atoms with Crippen molar-refractivity contribution in [3.05, 3.63) is 80.8 Å². The molecule has 0 aliphatic carbocycles. The summed E-state index contributed by atoms with van der Waals surface area (Å²) in [6, 6.07) is 15.7. The van der Waals surface area contributed by atoms with E-state index in [9.17, 15) is 9.18 Å². The average molecular weight is 347 g/mol. The first-order valence-corrected chi connectivity index (χ1v) is 7.22. The van der Waals surface area contributed by atoms with Crippen molar-refractivity contribution in [2.24, 2.45) is 0 Å². The molecule has 2 aromatic carbocycles. The number of rotatable bonds is 3. The van der Waals surface area contributed by atoms with Gasteiger partial charge in [0, 0.05) is 5.56 Å². The summed E-state index contributed by atoms with van der Waals surface area (Å²) in [6.45, 7) is 0.366. The van der Waals surface area contributed by atoms with Crippen LogP contribution in [0.3, 0.4) is 0 Å². The largest absolute Gasteiger partial charge is 0.293 e. The molecule has 0 radical (unpaired) electrons. The maximum Gasteiger partial charge on any atom is 0.281 e. The number of benzene rings is 2. The number of hydrogen-bond acceptors (Lipinski definition) is 1. The standard InChI is InChI=1S/C16H12BrFN2O/c17-14-15(12-4-2-1-3-5-12)19-20(16(14)21)10-11-6-8-13(18)9-7-11/h1-9,19H,10H2. The van der Waals surface area contributed by atoms with Gasteiger partial charge in [-0.1, -0.05) is 42.5 Å². The molecule has 0 unspecified atom stereocenters. The van der Waals surface area contributed by atoms with E-state index in [0.717, 1.165) is 16.8 Å². The summed E-state index contributed by atoms with van der Waals surface area (Å²) >= 11 is 3.34. The molecule has 0 bridgehead atoms. The van der Waals surface area contributed by atoms with Crippen LogP contribution in [0.1, 0.15) is 5.56 Å². The van der Waals surface area contributed by atoms with Gasteiger partial charge in [-0.3, -0.25) is 9.89 Å². The lowest BCUT2D eigenvalue weighted by Crippen LogP contribution is -2.17. The lowest BCUT2D eigenvalue weighted by Gasteiger charge is -2.02. The highest BCUT2D eigenvalue weighted by Gasteiger charge is 2.13. The minimum absolute atomic E-state index is 0.141. The first kappa shape index (κ1) is 13.8. The van der Waals surface area contributed by atoms with E-state index in [2.05, 4.69) is 21.0 Å². The van der Waals surface area contributed by atoms with Gasteiger partial charge in [0.25, 0.3) is 5.56 Å². The highest BCUT2D eigenvalue weighted by Crippen LogP contribution is 2.23. The van der Waals surface area contributed by atoms with Crippen LogP contribution in [0.25, 0.3) is 11.3 Å². The van der Waals surface area contributed by atoms with Gasteiger partial charge >= 0.3 is 0 Å². The average Bonchev–Trinajstić information content (AvgIpc) is 2.79. The SMILES string of the molecule is O=c1c(Br)c(-c2ccccc2)[nH]n1Cc1ccc(F)cc1. The summed E-state index contributed by atoms with van der Waals surface area (Å²) in [7, 11) is 0. The molecular formula is C16H12BrFN2O. The Labute approximate surface area is 129 Å². The predicted octanol–water partition coefficient (Wildman–Crippen LogP) is 3.79. The van der Waals surface area contributed by atoms with E-state index in [4.69, 9.17) is 0 Å². The summed E-state index contributed by atoms with van der Waals surface area (Å²) in [5.41, 5.74) is 2.38. The van der Waals surface area contributed by atoms with Crippen molar-refractivity contribution in [3.8, 4) is 11.3 Å². The van der Waals surface area contributed by atoms with E-state index in [1.54, 1.807) is 12.1 Å². The Bertz CT molecular complexity index is 807. The summed E-state index contributed by atoms with van der Waals surface area (Å²) in [5.74, 6) is -0.288. The molecule has 3 nitrogen and oxygen atoms in total. The normalized spacial score (nSPS) is 10.8. The van der Waals surface area contributed by atoms with Crippen molar-refractivity contribution in [3.63, 3.8) is 0 Å². The summed E-state index contributed by atoms with van der Waals surface area (Å²) in [5, 5.41) is 3.09. The van der Waals surface area contributed by atoms with Crippen molar-refractivity contribution < 1.29 is 4.39 Å². The maximum absolute atomic E-state index is 12.9. The van der Waals surface area contributed by atoms with Gasteiger partial charge in [-0.05, 0) is 33.6 Å². The smallest absolute Gasteiger partial charge is 0.281 e. The van der Waals surface area contributed by atoms with Crippen molar-refractivity contribution in [1.29, 1.82) is 0 Å². The number of aromatic amines is 1. The van der Waals surface area contributed by atoms with Gasteiger partial charge in [0.05, 0.1) is 12.2 Å². The fourth-order valence-electron chi connectivity index (χ4n) is 2.14. The third kappa shape index (κ3) is 2.83. The van der Waals surface area contributed by atoms with Crippen LogP contribution in [0.5, 0.6) is 0 Å². The highest BCUT2D eigenvalue weighted by atomic mass is 79.9. The Morgan fingerprint density at radius 2 is 1.71 bits per heavy atom. The number of nitrogens with zero attached hydrogens (tertiary/aromatic N) is 1. The number of aromatic nitrogens is 2. The monoisotopic (exact) mass is 346 g/mol. The van der Waals surface area contributed by atoms with E-state index in [1.165, 1.54) is 16.8 Å². The highest BCUT2D eigenvalue weighted by molar-refractivity contribution is 9.10. The summed E-state index contributed by atoms with van der Waals surface area (Å²) in [4.78, 5) is 12.2. The van der Waals surface area contributed by atoms with Crippen LogP contribution >= 0.6 is 15.9 Å².